The number of thiophene rings is 1. The number of hydrogen-bond donors (Lipinski definition) is 2. The van der Waals surface area contributed by atoms with E-state index in [2.05, 4.69) is 32.7 Å². The van der Waals surface area contributed by atoms with Crippen LogP contribution in [-0.2, 0) is 13.1 Å². The Balaban J connectivity index is 1.51. The molecule has 0 aromatic carbocycles. The van der Waals surface area contributed by atoms with Crippen molar-refractivity contribution < 1.29 is 9.90 Å². The molecule has 3 heterocycles. The molecule has 0 aliphatic carbocycles. The molecule has 0 spiro atoms. The van der Waals surface area contributed by atoms with Crippen LogP contribution >= 0.6 is 11.3 Å². The van der Waals surface area contributed by atoms with Gasteiger partial charge in [0.15, 0.2) is 0 Å². The molecule has 0 amide bonds. The number of aromatic carboxylic acids is 1. The first-order chi connectivity index (χ1) is 11.2. The van der Waals surface area contributed by atoms with Crippen molar-refractivity contribution in [2.24, 2.45) is 0 Å². The lowest BCUT2D eigenvalue weighted by Gasteiger charge is -2.33. The van der Waals surface area contributed by atoms with Crippen LogP contribution in [0.3, 0.4) is 0 Å². The quantitative estimate of drug-likeness (QED) is 0.852. The maximum absolute atomic E-state index is 11.0. The normalized spacial score (nSPS) is 18.9. The van der Waals surface area contributed by atoms with E-state index in [1.807, 2.05) is 6.07 Å². The Labute approximate surface area is 140 Å². The molecule has 1 unspecified atom stereocenters. The lowest BCUT2D eigenvalue weighted by molar-refractivity contribution is 0.0690. The summed E-state index contributed by atoms with van der Waals surface area (Å²) >= 11 is 1.80. The minimum atomic E-state index is -0.980. The first-order valence-corrected chi connectivity index (χ1v) is 8.76. The van der Waals surface area contributed by atoms with Crippen LogP contribution in [0.15, 0.2) is 35.7 Å². The summed E-state index contributed by atoms with van der Waals surface area (Å²) in [6.07, 6.45) is 2.34. The number of nitrogens with zero attached hydrogens (tertiary/aromatic N) is 2. The fraction of sp³-hybridized carbons (Fsp3) is 0.412. The first-order valence-electron chi connectivity index (χ1n) is 7.88. The molecule has 23 heavy (non-hydrogen) atoms. The Morgan fingerprint density at radius 1 is 1.39 bits per heavy atom. The van der Waals surface area contributed by atoms with Gasteiger partial charge in [-0.1, -0.05) is 12.1 Å². The van der Waals surface area contributed by atoms with Gasteiger partial charge in [0.05, 0.1) is 5.69 Å². The molecule has 2 aromatic heterocycles. The number of rotatable bonds is 6. The van der Waals surface area contributed by atoms with Gasteiger partial charge in [0.2, 0.25) is 0 Å². The molecule has 6 heteroatoms. The van der Waals surface area contributed by atoms with E-state index in [9.17, 15) is 4.79 Å². The molecule has 1 atom stereocenters. The van der Waals surface area contributed by atoms with Gasteiger partial charge >= 0.3 is 5.97 Å². The maximum atomic E-state index is 11.0. The highest BCUT2D eigenvalue weighted by Crippen LogP contribution is 2.17. The highest BCUT2D eigenvalue weighted by atomic mass is 32.1. The molecule has 2 N–H and O–H groups in total. The summed E-state index contributed by atoms with van der Waals surface area (Å²) in [4.78, 5) is 19.0. The van der Waals surface area contributed by atoms with E-state index in [0.29, 0.717) is 12.6 Å². The minimum Gasteiger partial charge on any atom is -0.477 e. The summed E-state index contributed by atoms with van der Waals surface area (Å²) in [5.41, 5.74) is 0.882. The van der Waals surface area contributed by atoms with Crippen molar-refractivity contribution in [3.05, 3.63) is 52.0 Å². The molecule has 1 fully saturated rings. The van der Waals surface area contributed by atoms with Gasteiger partial charge < -0.3 is 10.4 Å². The summed E-state index contributed by atoms with van der Waals surface area (Å²) in [7, 11) is 0. The zero-order chi connectivity index (χ0) is 16.1. The van der Waals surface area contributed by atoms with Crippen LogP contribution in [-0.4, -0.2) is 40.1 Å². The summed E-state index contributed by atoms with van der Waals surface area (Å²) in [6, 6.07) is 9.85. The molecule has 2 aromatic rings. The van der Waals surface area contributed by atoms with Crippen LogP contribution in [0.2, 0.25) is 0 Å². The summed E-state index contributed by atoms with van der Waals surface area (Å²) in [5.74, 6) is -0.980. The third-order valence-corrected chi connectivity index (χ3v) is 4.92. The molecular weight excluding hydrogens is 310 g/mol. The largest absolute Gasteiger partial charge is 0.477 e. The first kappa shape index (κ1) is 16.1. The van der Waals surface area contributed by atoms with Crippen LogP contribution in [0.4, 0.5) is 0 Å². The second-order valence-corrected chi connectivity index (χ2v) is 6.89. The summed E-state index contributed by atoms with van der Waals surface area (Å²) < 4.78 is 0. The number of carbonyl (C=O) groups is 1. The second-order valence-electron chi connectivity index (χ2n) is 5.85. The van der Waals surface area contributed by atoms with Crippen molar-refractivity contribution >= 4 is 17.3 Å². The van der Waals surface area contributed by atoms with Crippen molar-refractivity contribution in [3.63, 3.8) is 0 Å². The van der Waals surface area contributed by atoms with Gasteiger partial charge in [0, 0.05) is 30.6 Å². The van der Waals surface area contributed by atoms with E-state index in [1.54, 1.807) is 17.4 Å². The molecular formula is C17H21N3O2S. The molecule has 1 saturated heterocycles. The molecule has 3 rings (SSSR count). The number of aromatic nitrogens is 1. The van der Waals surface area contributed by atoms with E-state index in [-0.39, 0.29) is 5.69 Å². The zero-order valence-electron chi connectivity index (χ0n) is 12.9. The zero-order valence-corrected chi connectivity index (χ0v) is 13.8. The lowest BCUT2D eigenvalue weighted by Crippen LogP contribution is -2.45. The van der Waals surface area contributed by atoms with Crippen molar-refractivity contribution in [1.29, 1.82) is 0 Å². The number of carboxylic acids is 1. The van der Waals surface area contributed by atoms with Crippen LogP contribution in [0.5, 0.6) is 0 Å². The average Bonchev–Trinajstić information content (AvgIpc) is 3.06. The minimum absolute atomic E-state index is 0.104. The van der Waals surface area contributed by atoms with Gasteiger partial charge in [-0.15, -0.1) is 11.3 Å². The number of piperidine rings is 1. The SMILES string of the molecule is O=C(O)c1cccc(CNC2CCCN(Cc3cccs3)C2)n1. The van der Waals surface area contributed by atoms with Crippen LogP contribution < -0.4 is 5.32 Å². The molecule has 0 saturated carbocycles. The number of hydrogen-bond acceptors (Lipinski definition) is 5. The number of likely N-dealkylation sites (tertiary alicyclic amines) is 1. The Morgan fingerprint density at radius 3 is 3.09 bits per heavy atom. The van der Waals surface area contributed by atoms with Gasteiger partial charge in [-0.3, -0.25) is 4.90 Å². The van der Waals surface area contributed by atoms with E-state index < -0.39 is 5.97 Å². The summed E-state index contributed by atoms with van der Waals surface area (Å²) in [6.45, 7) is 3.79. The monoisotopic (exact) mass is 331 g/mol. The van der Waals surface area contributed by atoms with Gasteiger partial charge in [-0.2, -0.15) is 0 Å². The molecule has 0 radical (unpaired) electrons. The second kappa shape index (κ2) is 7.68. The van der Waals surface area contributed by atoms with Gasteiger partial charge in [-0.25, -0.2) is 9.78 Å². The summed E-state index contributed by atoms with van der Waals surface area (Å²) in [5, 5.41) is 14.6. The van der Waals surface area contributed by atoms with E-state index in [1.165, 1.54) is 17.4 Å². The topological polar surface area (TPSA) is 65.5 Å². The Hall–Kier alpha value is -1.76. The number of pyridine rings is 1. The van der Waals surface area contributed by atoms with E-state index in [0.717, 1.165) is 31.7 Å². The standard InChI is InChI=1S/C17H21N3O2S/c21-17(22)16-7-1-4-13(19-16)10-18-14-5-2-8-20(11-14)12-15-6-3-9-23-15/h1,3-4,6-7,9,14,18H,2,5,8,10-12H2,(H,21,22). The fourth-order valence-electron chi connectivity index (χ4n) is 2.93. The van der Waals surface area contributed by atoms with Gasteiger partial charge in [0.25, 0.3) is 0 Å². The van der Waals surface area contributed by atoms with Crippen LogP contribution in [0.1, 0.15) is 33.9 Å². The molecule has 1 aliphatic heterocycles. The van der Waals surface area contributed by atoms with Crippen LogP contribution in [0.25, 0.3) is 0 Å². The fourth-order valence-corrected chi connectivity index (χ4v) is 3.68. The van der Waals surface area contributed by atoms with Crippen molar-refractivity contribution in [3.8, 4) is 0 Å². The van der Waals surface area contributed by atoms with Gasteiger partial charge in [-0.05, 0) is 43.0 Å². The Morgan fingerprint density at radius 2 is 2.30 bits per heavy atom. The number of carboxylic acid groups (broad SMARTS) is 1. The van der Waals surface area contributed by atoms with Crippen LogP contribution in [0, 0.1) is 0 Å². The average molecular weight is 331 g/mol. The molecule has 122 valence electrons. The predicted octanol–water partition coefficient (Wildman–Crippen LogP) is 2.60. The van der Waals surface area contributed by atoms with Crippen molar-refractivity contribution in [1.82, 2.24) is 15.2 Å². The number of nitrogens with one attached hydrogen (secondary N) is 1. The smallest absolute Gasteiger partial charge is 0.354 e. The molecule has 1 aliphatic rings. The van der Waals surface area contributed by atoms with Crippen molar-refractivity contribution in [2.45, 2.75) is 32.0 Å². The third kappa shape index (κ3) is 4.60. The van der Waals surface area contributed by atoms with E-state index in [4.69, 9.17) is 5.11 Å². The third-order valence-electron chi connectivity index (χ3n) is 4.06. The lowest BCUT2D eigenvalue weighted by atomic mass is 10.1. The van der Waals surface area contributed by atoms with Crippen molar-refractivity contribution in [2.75, 3.05) is 13.1 Å². The molecule has 0 bridgehead atoms. The Bertz CT molecular complexity index is 645. The Kier molecular flexibility index (Phi) is 5.38. The van der Waals surface area contributed by atoms with E-state index >= 15 is 0 Å². The molecule has 5 nitrogen and oxygen atoms in total. The highest BCUT2D eigenvalue weighted by Gasteiger charge is 2.20. The van der Waals surface area contributed by atoms with Gasteiger partial charge in [0.1, 0.15) is 5.69 Å². The highest BCUT2D eigenvalue weighted by molar-refractivity contribution is 7.09. The predicted molar refractivity (Wildman–Crippen MR) is 90.7 cm³/mol. The maximum Gasteiger partial charge on any atom is 0.354 e.